The third-order valence-electron chi connectivity index (χ3n) is 2.81. The highest BCUT2D eigenvalue weighted by molar-refractivity contribution is 7.99. The molecular formula is C13H17NO3S. The molecule has 1 heterocycles. The maximum absolute atomic E-state index is 10.8. The highest BCUT2D eigenvalue weighted by Gasteiger charge is 2.13. The van der Waals surface area contributed by atoms with Gasteiger partial charge in [0.05, 0.1) is 5.56 Å². The van der Waals surface area contributed by atoms with Gasteiger partial charge in [0, 0.05) is 18.3 Å². The van der Waals surface area contributed by atoms with Crippen molar-refractivity contribution in [1.82, 2.24) is 5.32 Å². The van der Waals surface area contributed by atoms with E-state index in [9.17, 15) is 4.79 Å². The number of carboxylic acid groups (broad SMARTS) is 1. The van der Waals surface area contributed by atoms with Gasteiger partial charge < -0.3 is 15.2 Å². The van der Waals surface area contributed by atoms with E-state index in [0.717, 1.165) is 6.54 Å². The smallest absolute Gasteiger partial charge is 0.335 e. The van der Waals surface area contributed by atoms with Gasteiger partial charge in [-0.15, -0.1) is 0 Å². The second kappa shape index (κ2) is 6.66. The lowest BCUT2D eigenvalue weighted by atomic mass is 10.2. The molecule has 0 spiro atoms. The Morgan fingerprint density at radius 3 is 3.17 bits per heavy atom. The zero-order valence-corrected chi connectivity index (χ0v) is 10.9. The second-order valence-electron chi connectivity index (χ2n) is 4.20. The number of nitrogens with one attached hydrogen (secondary N) is 1. The first-order chi connectivity index (χ1) is 8.75. The first-order valence-corrected chi connectivity index (χ1v) is 7.18. The largest absolute Gasteiger partial charge is 0.492 e. The number of rotatable bonds is 6. The molecule has 5 heteroatoms. The van der Waals surface area contributed by atoms with Crippen LogP contribution in [0, 0.1) is 0 Å². The van der Waals surface area contributed by atoms with Gasteiger partial charge in [0.15, 0.2) is 0 Å². The summed E-state index contributed by atoms with van der Waals surface area (Å²) in [6.45, 7) is 1.35. The Morgan fingerprint density at radius 2 is 2.44 bits per heavy atom. The van der Waals surface area contributed by atoms with Crippen molar-refractivity contribution in [3.05, 3.63) is 29.8 Å². The van der Waals surface area contributed by atoms with Crippen molar-refractivity contribution < 1.29 is 14.6 Å². The van der Waals surface area contributed by atoms with E-state index in [-0.39, 0.29) is 5.56 Å². The number of benzene rings is 1. The number of ether oxygens (including phenoxy) is 1. The molecule has 0 saturated carbocycles. The van der Waals surface area contributed by atoms with Gasteiger partial charge in [0.1, 0.15) is 12.4 Å². The Labute approximate surface area is 111 Å². The standard InChI is InChI=1S/C13H17NO3S/c15-13(16)10-2-1-3-12(8-10)17-6-5-14-11-4-7-18-9-11/h1-3,8,11,14H,4-7,9H2,(H,15,16). The molecule has 1 aromatic carbocycles. The minimum Gasteiger partial charge on any atom is -0.492 e. The number of hydrogen-bond donors (Lipinski definition) is 2. The summed E-state index contributed by atoms with van der Waals surface area (Å²) < 4.78 is 5.52. The predicted molar refractivity (Wildman–Crippen MR) is 72.6 cm³/mol. The Balaban J connectivity index is 1.72. The van der Waals surface area contributed by atoms with E-state index in [4.69, 9.17) is 9.84 Å². The van der Waals surface area contributed by atoms with Crippen molar-refractivity contribution in [1.29, 1.82) is 0 Å². The van der Waals surface area contributed by atoms with E-state index < -0.39 is 5.97 Å². The summed E-state index contributed by atoms with van der Waals surface area (Å²) in [4.78, 5) is 10.8. The van der Waals surface area contributed by atoms with Crippen LogP contribution in [0.5, 0.6) is 5.75 Å². The van der Waals surface area contributed by atoms with E-state index >= 15 is 0 Å². The van der Waals surface area contributed by atoms with Gasteiger partial charge in [-0.1, -0.05) is 6.07 Å². The molecule has 0 aromatic heterocycles. The van der Waals surface area contributed by atoms with Gasteiger partial charge >= 0.3 is 5.97 Å². The van der Waals surface area contributed by atoms with Gasteiger partial charge in [-0.2, -0.15) is 11.8 Å². The molecule has 1 unspecified atom stereocenters. The number of hydrogen-bond acceptors (Lipinski definition) is 4. The molecule has 0 bridgehead atoms. The molecule has 18 heavy (non-hydrogen) atoms. The number of carboxylic acids is 1. The normalized spacial score (nSPS) is 18.8. The molecule has 1 atom stereocenters. The fourth-order valence-electron chi connectivity index (χ4n) is 1.85. The minimum atomic E-state index is -0.929. The quantitative estimate of drug-likeness (QED) is 0.770. The van der Waals surface area contributed by atoms with Crippen molar-refractivity contribution in [2.75, 3.05) is 24.7 Å². The second-order valence-corrected chi connectivity index (χ2v) is 5.35. The Hall–Kier alpha value is -1.20. The summed E-state index contributed by atoms with van der Waals surface area (Å²) in [5, 5.41) is 12.3. The van der Waals surface area contributed by atoms with Crippen molar-refractivity contribution in [3.8, 4) is 5.75 Å². The van der Waals surface area contributed by atoms with Gasteiger partial charge in [0.2, 0.25) is 0 Å². The molecule has 2 rings (SSSR count). The SMILES string of the molecule is O=C(O)c1cccc(OCCNC2CCSC2)c1. The van der Waals surface area contributed by atoms with Crippen molar-refractivity contribution in [3.63, 3.8) is 0 Å². The van der Waals surface area contributed by atoms with Crippen LogP contribution in [0.15, 0.2) is 24.3 Å². The lowest BCUT2D eigenvalue weighted by Gasteiger charge is -2.12. The van der Waals surface area contributed by atoms with Crippen LogP contribution in [0.1, 0.15) is 16.8 Å². The third-order valence-corrected chi connectivity index (χ3v) is 3.98. The fourth-order valence-corrected chi connectivity index (χ4v) is 3.03. The van der Waals surface area contributed by atoms with Crippen LogP contribution in [0.2, 0.25) is 0 Å². The van der Waals surface area contributed by atoms with Crippen molar-refractivity contribution in [2.24, 2.45) is 0 Å². The van der Waals surface area contributed by atoms with Crippen LogP contribution in [0.4, 0.5) is 0 Å². The van der Waals surface area contributed by atoms with Crippen LogP contribution in [0.3, 0.4) is 0 Å². The molecule has 0 amide bonds. The van der Waals surface area contributed by atoms with Crippen LogP contribution >= 0.6 is 11.8 Å². The van der Waals surface area contributed by atoms with Crippen LogP contribution in [-0.2, 0) is 0 Å². The lowest BCUT2D eigenvalue weighted by molar-refractivity contribution is 0.0696. The first-order valence-electron chi connectivity index (χ1n) is 6.03. The topological polar surface area (TPSA) is 58.6 Å². The molecule has 2 N–H and O–H groups in total. The number of thioether (sulfide) groups is 1. The zero-order valence-electron chi connectivity index (χ0n) is 10.1. The summed E-state index contributed by atoms with van der Waals surface area (Å²) in [6, 6.07) is 7.18. The molecule has 1 fully saturated rings. The summed E-state index contributed by atoms with van der Waals surface area (Å²) in [7, 11) is 0. The molecule has 1 saturated heterocycles. The molecule has 0 radical (unpaired) electrons. The maximum atomic E-state index is 10.8. The average molecular weight is 267 g/mol. The highest BCUT2D eigenvalue weighted by atomic mass is 32.2. The molecule has 1 aliphatic heterocycles. The Bertz CT molecular complexity index is 405. The maximum Gasteiger partial charge on any atom is 0.335 e. The van der Waals surface area contributed by atoms with Crippen molar-refractivity contribution >= 4 is 17.7 Å². The average Bonchev–Trinajstić information content (AvgIpc) is 2.88. The number of aromatic carboxylic acids is 1. The first kappa shape index (κ1) is 13.2. The summed E-state index contributed by atoms with van der Waals surface area (Å²) in [5.41, 5.74) is 0.257. The van der Waals surface area contributed by atoms with E-state index in [1.165, 1.54) is 17.9 Å². The molecule has 4 nitrogen and oxygen atoms in total. The summed E-state index contributed by atoms with van der Waals surface area (Å²) >= 11 is 1.97. The van der Waals surface area contributed by atoms with Gasteiger partial charge in [0.25, 0.3) is 0 Å². The monoisotopic (exact) mass is 267 g/mol. The minimum absolute atomic E-state index is 0.257. The third kappa shape index (κ3) is 3.92. The van der Waals surface area contributed by atoms with Gasteiger partial charge in [-0.25, -0.2) is 4.79 Å². The van der Waals surface area contributed by atoms with Gasteiger partial charge in [-0.3, -0.25) is 0 Å². The molecule has 98 valence electrons. The fraction of sp³-hybridized carbons (Fsp3) is 0.462. The van der Waals surface area contributed by atoms with Crippen LogP contribution < -0.4 is 10.1 Å². The Kier molecular flexibility index (Phi) is 4.90. The Morgan fingerprint density at radius 1 is 1.56 bits per heavy atom. The summed E-state index contributed by atoms with van der Waals surface area (Å²) in [5.74, 6) is 2.09. The lowest BCUT2D eigenvalue weighted by Crippen LogP contribution is -2.32. The van der Waals surface area contributed by atoms with E-state index in [2.05, 4.69) is 5.32 Å². The van der Waals surface area contributed by atoms with Gasteiger partial charge in [-0.05, 0) is 30.4 Å². The van der Waals surface area contributed by atoms with Crippen LogP contribution in [0.25, 0.3) is 0 Å². The highest BCUT2D eigenvalue weighted by Crippen LogP contribution is 2.17. The van der Waals surface area contributed by atoms with E-state index in [0.29, 0.717) is 18.4 Å². The zero-order chi connectivity index (χ0) is 12.8. The number of carbonyl (C=O) groups is 1. The van der Waals surface area contributed by atoms with E-state index in [1.807, 2.05) is 11.8 Å². The predicted octanol–water partition coefficient (Wildman–Crippen LogP) is 1.86. The molecule has 0 aliphatic carbocycles. The van der Waals surface area contributed by atoms with Crippen LogP contribution in [-0.4, -0.2) is 41.8 Å². The van der Waals surface area contributed by atoms with E-state index in [1.54, 1.807) is 24.3 Å². The van der Waals surface area contributed by atoms with Crippen molar-refractivity contribution in [2.45, 2.75) is 12.5 Å². The molecule has 1 aliphatic rings. The summed E-state index contributed by atoms with van der Waals surface area (Å²) in [6.07, 6.45) is 1.22. The molecule has 1 aromatic rings. The molecular weight excluding hydrogens is 250 g/mol.